The zero-order valence-electron chi connectivity index (χ0n) is 8.27. The summed E-state index contributed by atoms with van der Waals surface area (Å²) in [4.78, 5) is 0. The average molecular weight is 211 g/mol. The number of rotatable bonds is 2. The van der Waals surface area contributed by atoms with Crippen molar-refractivity contribution in [2.45, 2.75) is 24.9 Å². The van der Waals surface area contributed by atoms with E-state index in [-0.39, 0.29) is 0 Å². The molecule has 0 amide bonds. The van der Waals surface area contributed by atoms with E-state index >= 15 is 0 Å². The number of hydrogen-bond acceptors (Lipinski definition) is 5. The van der Waals surface area contributed by atoms with E-state index < -0.39 is 0 Å². The fraction of sp³-hybridized carbons (Fsp3) is 0.625. The molecule has 5 nitrogen and oxygen atoms in total. The van der Waals surface area contributed by atoms with Gasteiger partial charge in [-0.25, -0.2) is 0 Å². The molecule has 1 aromatic rings. The van der Waals surface area contributed by atoms with Gasteiger partial charge in [0.25, 0.3) is 0 Å². The van der Waals surface area contributed by atoms with Gasteiger partial charge >= 0.3 is 0 Å². The first kappa shape index (κ1) is 9.67. The summed E-state index contributed by atoms with van der Waals surface area (Å²) >= 11 is 1.64. The third-order valence-electron chi connectivity index (χ3n) is 2.00. The van der Waals surface area contributed by atoms with Crippen molar-refractivity contribution >= 4 is 17.5 Å². The first-order chi connectivity index (χ1) is 6.72. The molecule has 14 heavy (non-hydrogen) atoms. The zero-order valence-corrected chi connectivity index (χ0v) is 9.08. The molecule has 0 saturated carbocycles. The highest BCUT2D eigenvalue weighted by molar-refractivity contribution is 7.99. The summed E-state index contributed by atoms with van der Waals surface area (Å²) in [7, 11) is 0. The monoisotopic (exact) mass is 211 g/mol. The first-order valence-electron chi connectivity index (χ1n) is 4.57. The number of nitrogens with zero attached hydrogens (tertiary/aromatic N) is 4. The number of thioether (sulfide) groups is 1. The highest BCUT2D eigenvalue weighted by Gasteiger charge is 2.19. The molecule has 0 atom stereocenters. The van der Waals surface area contributed by atoms with Crippen molar-refractivity contribution in [3.63, 3.8) is 0 Å². The summed E-state index contributed by atoms with van der Waals surface area (Å²) in [5.41, 5.74) is 6.55. The molecule has 2 rings (SSSR count). The maximum atomic E-state index is 5.56. The Kier molecular flexibility index (Phi) is 2.56. The van der Waals surface area contributed by atoms with E-state index in [1.165, 1.54) is 0 Å². The van der Waals surface area contributed by atoms with Gasteiger partial charge < -0.3 is 5.73 Å². The molecule has 1 aliphatic rings. The van der Waals surface area contributed by atoms with Gasteiger partial charge in [-0.1, -0.05) is 25.6 Å². The molecule has 0 aromatic carbocycles. The lowest BCUT2D eigenvalue weighted by Crippen LogP contribution is -2.21. The minimum Gasteiger partial charge on any atom is -0.325 e. The van der Waals surface area contributed by atoms with Gasteiger partial charge in [-0.05, 0) is 0 Å². The Morgan fingerprint density at radius 1 is 1.50 bits per heavy atom. The van der Waals surface area contributed by atoms with Crippen LogP contribution >= 0.6 is 11.8 Å². The molecule has 2 N–H and O–H groups in total. The summed E-state index contributed by atoms with van der Waals surface area (Å²) in [6, 6.07) is 0. The van der Waals surface area contributed by atoms with E-state index in [2.05, 4.69) is 29.1 Å². The number of nitrogens with two attached hydrogens (primary N) is 1. The van der Waals surface area contributed by atoms with Crippen molar-refractivity contribution < 1.29 is 0 Å². The fourth-order valence-corrected chi connectivity index (χ4v) is 2.07. The molecule has 76 valence electrons. The SMILES string of the molecule is CC(C)c1nnc2n1N=C(CN)CS2. The van der Waals surface area contributed by atoms with Gasteiger partial charge in [0.2, 0.25) is 5.16 Å². The van der Waals surface area contributed by atoms with Crippen molar-refractivity contribution in [3.05, 3.63) is 5.82 Å². The highest BCUT2D eigenvalue weighted by atomic mass is 32.2. The maximum absolute atomic E-state index is 5.56. The molecule has 0 unspecified atom stereocenters. The van der Waals surface area contributed by atoms with Gasteiger partial charge in [0.05, 0.1) is 5.71 Å². The molecule has 0 radical (unpaired) electrons. The van der Waals surface area contributed by atoms with Gasteiger partial charge in [0, 0.05) is 18.2 Å². The van der Waals surface area contributed by atoms with Crippen molar-refractivity contribution in [2.75, 3.05) is 12.3 Å². The van der Waals surface area contributed by atoms with Crippen LogP contribution < -0.4 is 5.73 Å². The molecule has 1 aromatic heterocycles. The second kappa shape index (κ2) is 3.70. The molecule has 1 aliphatic heterocycles. The van der Waals surface area contributed by atoms with Crippen molar-refractivity contribution in [2.24, 2.45) is 10.8 Å². The van der Waals surface area contributed by atoms with E-state index in [1.807, 2.05) is 0 Å². The first-order valence-corrected chi connectivity index (χ1v) is 5.56. The third kappa shape index (κ3) is 1.55. The minimum atomic E-state index is 0.331. The van der Waals surface area contributed by atoms with Crippen molar-refractivity contribution in [1.29, 1.82) is 0 Å². The minimum absolute atomic E-state index is 0.331. The second-order valence-corrected chi connectivity index (χ2v) is 4.41. The van der Waals surface area contributed by atoms with E-state index in [4.69, 9.17) is 5.73 Å². The number of hydrogen-bond donors (Lipinski definition) is 1. The molecular weight excluding hydrogens is 198 g/mol. The largest absolute Gasteiger partial charge is 0.325 e. The summed E-state index contributed by atoms with van der Waals surface area (Å²) in [6.45, 7) is 4.66. The zero-order chi connectivity index (χ0) is 10.1. The van der Waals surface area contributed by atoms with Crippen LogP contribution in [0, 0.1) is 0 Å². The molecule has 6 heteroatoms. The summed E-state index contributed by atoms with van der Waals surface area (Å²) < 4.78 is 1.81. The predicted octanol–water partition coefficient (Wildman–Crippen LogP) is 0.670. The van der Waals surface area contributed by atoms with Gasteiger partial charge in [-0.15, -0.1) is 10.2 Å². The van der Waals surface area contributed by atoms with Crippen LogP contribution in [0.4, 0.5) is 0 Å². The van der Waals surface area contributed by atoms with Gasteiger partial charge in [0.1, 0.15) is 0 Å². The lowest BCUT2D eigenvalue weighted by molar-refractivity contribution is 0.660. The van der Waals surface area contributed by atoms with Crippen LogP contribution in [0.2, 0.25) is 0 Å². The van der Waals surface area contributed by atoms with Gasteiger partial charge in [-0.2, -0.15) is 9.78 Å². The summed E-state index contributed by atoms with van der Waals surface area (Å²) in [5, 5.41) is 13.5. The fourth-order valence-electron chi connectivity index (χ4n) is 1.24. The normalized spacial score (nSPS) is 15.6. The predicted molar refractivity (Wildman–Crippen MR) is 56.7 cm³/mol. The smallest absolute Gasteiger partial charge is 0.212 e. The summed E-state index contributed by atoms with van der Waals surface area (Å²) in [5.74, 6) is 2.06. The van der Waals surface area contributed by atoms with E-state index in [9.17, 15) is 0 Å². The second-order valence-electron chi connectivity index (χ2n) is 3.47. The van der Waals surface area contributed by atoms with Crippen LogP contribution in [0.15, 0.2) is 10.3 Å². The van der Waals surface area contributed by atoms with Gasteiger partial charge in [0.15, 0.2) is 5.82 Å². The van der Waals surface area contributed by atoms with Crippen LogP contribution in [0.3, 0.4) is 0 Å². The topological polar surface area (TPSA) is 69.1 Å². The Morgan fingerprint density at radius 2 is 2.29 bits per heavy atom. The van der Waals surface area contributed by atoms with Crippen LogP contribution in [0.5, 0.6) is 0 Å². The molecule has 0 spiro atoms. The quantitative estimate of drug-likeness (QED) is 0.780. The average Bonchev–Trinajstić information content (AvgIpc) is 2.59. The molecule has 0 saturated heterocycles. The Balaban J connectivity index is 2.43. The number of aromatic nitrogens is 3. The Labute approximate surface area is 86.8 Å². The molecule has 2 heterocycles. The van der Waals surface area contributed by atoms with Crippen molar-refractivity contribution in [3.8, 4) is 0 Å². The molecule has 0 bridgehead atoms. The van der Waals surface area contributed by atoms with Crippen LogP contribution in [0.25, 0.3) is 0 Å². The van der Waals surface area contributed by atoms with E-state index in [0.29, 0.717) is 12.5 Å². The Hall–Kier alpha value is -0.880. The molecular formula is C8H13N5S. The Morgan fingerprint density at radius 3 is 2.93 bits per heavy atom. The highest BCUT2D eigenvalue weighted by Crippen LogP contribution is 2.24. The maximum Gasteiger partial charge on any atom is 0.212 e. The van der Waals surface area contributed by atoms with Crippen molar-refractivity contribution in [1.82, 2.24) is 14.9 Å². The van der Waals surface area contributed by atoms with E-state index in [1.54, 1.807) is 16.4 Å². The lowest BCUT2D eigenvalue weighted by Gasteiger charge is -2.13. The molecule has 0 fully saturated rings. The van der Waals surface area contributed by atoms with Crippen LogP contribution in [-0.2, 0) is 0 Å². The standard InChI is InChI=1S/C8H13N5S/c1-5(2)7-10-11-8-13(7)12-6(3-9)4-14-8/h5H,3-4,9H2,1-2H3. The lowest BCUT2D eigenvalue weighted by atomic mass is 10.2. The van der Waals surface area contributed by atoms with Gasteiger partial charge in [-0.3, -0.25) is 0 Å². The Bertz CT molecular complexity index is 368. The number of fused-ring (bicyclic) bond motifs is 1. The van der Waals surface area contributed by atoms with Crippen LogP contribution in [-0.4, -0.2) is 32.9 Å². The summed E-state index contributed by atoms with van der Waals surface area (Å²) in [6.07, 6.45) is 0. The van der Waals surface area contributed by atoms with E-state index in [0.717, 1.165) is 22.4 Å². The molecule has 0 aliphatic carbocycles. The third-order valence-corrected chi connectivity index (χ3v) is 2.99. The van der Waals surface area contributed by atoms with Crippen LogP contribution in [0.1, 0.15) is 25.6 Å².